The van der Waals surface area contributed by atoms with Gasteiger partial charge >= 0.3 is 12.1 Å². The summed E-state index contributed by atoms with van der Waals surface area (Å²) in [5, 5.41) is 8.11. The van der Waals surface area contributed by atoms with Crippen LogP contribution in [0.25, 0.3) is 10.2 Å². The fraction of sp³-hybridized carbons (Fsp3) is 0.625. The summed E-state index contributed by atoms with van der Waals surface area (Å²) in [5.74, 6) is 0.0191. The normalized spacial score (nSPS) is 18.5. The van der Waals surface area contributed by atoms with Crippen molar-refractivity contribution in [3.63, 3.8) is 0 Å². The summed E-state index contributed by atoms with van der Waals surface area (Å²) in [6, 6.07) is 2.09. The topological polar surface area (TPSA) is 89.3 Å². The summed E-state index contributed by atoms with van der Waals surface area (Å²) in [5.41, 5.74) is 0. The molecule has 0 aliphatic carbocycles. The molecule has 9 nitrogen and oxygen atoms in total. The lowest BCUT2D eigenvalue weighted by atomic mass is 9.98. The van der Waals surface area contributed by atoms with Crippen LogP contribution < -0.4 is 9.80 Å². The molecule has 2 aliphatic heterocycles. The van der Waals surface area contributed by atoms with E-state index >= 15 is 0 Å². The lowest BCUT2D eigenvalue weighted by Crippen LogP contribution is -2.41. The van der Waals surface area contributed by atoms with Crippen molar-refractivity contribution in [3.8, 4) is 0 Å². The van der Waals surface area contributed by atoms with Crippen LogP contribution in [0.15, 0.2) is 6.07 Å². The number of aromatic nitrogens is 5. The van der Waals surface area contributed by atoms with Gasteiger partial charge in [0.15, 0.2) is 5.82 Å². The van der Waals surface area contributed by atoms with Crippen LogP contribution in [0, 0.1) is 5.92 Å². The number of fused-ring (bicyclic) bond motifs is 2. The Morgan fingerprint density at radius 3 is 2.73 bits per heavy atom. The largest absolute Gasteiger partial charge is 0.463 e. The summed E-state index contributed by atoms with van der Waals surface area (Å²) in [4.78, 5) is 28.4. The number of hydrogen-bond donors (Lipinski definition) is 0. The summed E-state index contributed by atoms with van der Waals surface area (Å²) >= 11 is 1.61. The first-order chi connectivity index (χ1) is 17.6. The predicted octanol–water partition coefficient (Wildman–Crippen LogP) is 4.44. The third-order valence-corrected chi connectivity index (χ3v) is 7.69. The average Bonchev–Trinajstić information content (AvgIpc) is 3.46. The van der Waals surface area contributed by atoms with Gasteiger partial charge in [0.25, 0.3) is 0 Å². The minimum Gasteiger partial charge on any atom is -0.463 e. The highest BCUT2D eigenvalue weighted by molar-refractivity contribution is 7.18. The van der Waals surface area contributed by atoms with Gasteiger partial charge in [-0.15, -0.1) is 21.5 Å². The second kappa shape index (κ2) is 10.1. The lowest BCUT2D eigenvalue weighted by molar-refractivity contribution is -0.152. The fourth-order valence-electron chi connectivity index (χ4n) is 4.93. The predicted molar refractivity (Wildman–Crippen MR) is 134 cm³/mol. The molecule has 5 rings (SSSR count). The number of hydrogen-bond acceptors (Lipinski definition) is 9. The molecule has 13 heteroatoms. The lowest BCUT2D eigenvalue weighted by Gasteiger charge is -2.33. The number of ether oxygens (including phenoxy) is 1. The minimum atomic E-state index is -4.55. The highest BCUT2D eigenvalue weighted by Crippen LogP contribution is 2.36. The smallest absolute Gasteiger partial charge is 0.451 e. The number of halogens is 3. The van der Waals surface area contributed by atoms with Crippen molar-refractivity contribution in [3.05, 3.63) is 22.6 Å². The number of rotatable bonds is 6. The third-order valence-electron chi connectivity index (χ3n) is 6.60. The van der Waals surface area contributed by atoms with E-state index in [0.29, 0.717) is 31.4 Å². The van der Waals surface area contributed by atoms with E-state index in [4.69, 9.17) is 14.7 Å². The van der Waals surface area contributed by atoms with E-state index in [1.165, 1.54) is 4.88 Å². The summed E-state index contributed by atoms with van der Waals surface area (Å²) in [7, 11) is 0. The number of anilines is 2. The van der Waals surface area contributed by atoms with Crippen LogP contribution in [0.1, 0.15) is 56.6 Å². The molecule has 0 amide bonds. The molecule has 2 aliphatic rings. The van der Waals surface area contributed by atoms with Gasteiger partial charge in [0.05, 0.1) is 24.0 Å². The number of aryl methyl sites for hydroxylation is 1. The van der Waals surface area contributed by atoms with Crippen molar-refractivity contribution < 1.29 is 22.7 Å². The van der Waals surface area contributed by atoms with Crippen LogP contribution in [0.5, 0.6) is 0 Å². The summed E-state index contributed by atoms with van der Waals surface area (Å²) < 4.78 is 46.6. The Morgan fingerprint density at radius 1 is 1.19 bits per heavy atom. The maximum absolute atomic E-state index is 13.3. The van der Waals surface area contributed by atoms with Gasteiger partial charge in [-0.1, -0.05) is 13.3 Å². The molecule has 0 aromatic carbocycles. The van der Waals surface area contributed by atoms with Crippen LogP contribution in [0.2, 0.25) is 0 Å². The third kappa shape index (κ3) is 5.23. The SMILES string of the molecule is CCCc1cc2c(N3CCn4c(nnc4C(F)(F)F)C3)nc(N3CCCC(C(=O)OC(C)C)C3)nc2s1. The Balaban J connectivity index is 1.48. The highest BCUT2D eigenvalue weighted by Gasteiger charge is 2.40. The zero-order valence-corrected chi connectivity index (χ0v) is 21.9. The van der Waals surface area contributed by atoms with Crippen molar-refractivity contribution >= 4 is 39.3 Å². The molecule has 0 N–H and O–H groups in total. The van der Waals surface area contributed by atoms with Crippen molar-refractivity contribution in [2.24, 2.45) is 5.92 Å². The van der Waals surface area contributed by atoms with Gasteiger partial charge in [-0.3, -0.25) is 4.79 Å². The zero-order valence-electron chi connectivity index (χ0n) is 21.1. The van der Waals surface area contributed by atoms with Gasteiger partial charge in [0, 0.05) is 31.1 Å². The molecule has 3 aromatic rings. The highest BCUT2D eigenvalue weighted by atomic mass is 32.1. The Bertz CT molecular complexity index is 1290. The first-order valence-corrected chi connectivity index (χ1v) is 13.5. The Hall–Kier alpha value is -2.96. The van der Waals surface area contributed by atoms with Crippen LogP contribution in [-0.4, -0.2) is 56.4 Å². The van der Waals surface area contributed by atoms with E-state index in [0.717, 1.165) is 40.5 Å². The molecule has 0 radical (unpaired) electrons. The zero-order chi connectivity index (χ0) is 26.3. The Labute approximate surface area is 216 Å². The molecule has 3 aromatic heterocycles. The van der Waals surface area contributed by atoms with Gasteiger partial charge < -0.3 is 19.1 Å². The van der Waals surface area contributed by atoms with Gasteiger partial charge in [0.2, 0.25) is 11.8 Å². The Morgan fingerprint density at radius 2 is 2.00 bits per heavy atom. The maximum atomic E-state index is 13.3. The molecule has 1 saturated heterocycles. The van der Waals surface area contributed by atoms with Gasteiger partial charge in [-0.25, -0.2) is 4.98 Å². The maximum Gasteiger partial charge on any atom is 0.451 e. The molecule has 0 spiro atoms. The second-order valence-corrected chi connectivity index (χ2v) is 10.9. The van der Waals surface area contributed by atoms with Crippen LogP contribution >= 0.6 is 11.3 Å². The second-order valence-electron chi connectivity index (χ2n) is 9.81. The number of esters is 1. The fourth-order valence-corrected chi connectivity index (χ4v) is 6.04. The van der Waals surface area contributed by atoms with Crippen molar-refractivity contribution in [1.82, 2.24) is 24.7 Å². The molecular formula is C24H30F3N7O2S. The van der Waals surface area contributed by atoms with Crippen LogP contribution in [-0.2, 0) is 35.2 Å². The number of nitrogens with zero attached hydrogens (tertiary/aromatic N) is 7. The van der Waals surface area contributed by atoms with E-state index < -0.39 is 12.0 Å². The van der Waals surface area contributed by atoms with E-state index in [2.05, 4.69) is 23.2 Å². The van der Waals surface area contributed by atoms with E-state index in [-0.39, 0.29) is 36.9 Å². The molecular weight excluding hydrogens is 507 g/mol. The van der Waals surface area contributed by atoms with Crippen molar-refractivity contribution in [1.29, 1.82) is 0 Å². The molecule has 0 bridgehead atoms. The van der Waals surface area contributed by atoms with E-state index in [1.807, 2.05) is 23.6 Å². The van der Waals surface area contributed by atoms with Crippen LogP contribution in [0.4, 0.5) is 24.9 Å². The van der Waals surface area contributed by atoms with E-state index in [9.17, 15) is 18.0 Å². The van der Waals surface area contributed by atoms with Gasteiger partial charge in [0.1, 0.15) is 10.6 Å². The van der Waals surface area contributed by atoms with Gasteiger partial charge in [-0.05, 0) is 39.2 Å². The number of thiophene rings is 1. The summed E-state index contributed by atoms with van der Waals surface area (Å²) in [6.07, 6.45) is -1.27. The van der Waals surface area contributed by atoms with E-state index in [1.54, 1.807) is 11.3 Å². The first kappa shape index (κ1) is 25.7. The first-order valence-electron chi connectivity index (χ1n) is 12.6. The van der Waals surface area contributed by atoms with Crippen LogP contribution in [0.3, 0.4) is 0 Å². The average molecular weight is 538 g/mol. The molecule has 37 heavy (non-hydrogen) atoms. The Kier molecular flexibility index (Phi) is 6.99. The molecule has 0 saturated carbocycles. The minimum absolute atomic E-state index is 0.108. The van der Waals surface area contributed by atoms with Gasteiger partial charge in [-0.2, -0.15) is 18.2 Å². The summed E-state index contributed by atoms with van der Waals surface area (Å²) in [6.45, 7) is 7.57. The molecule has 1 fully saturated rings. The standard InChI is InChI=1S/C24H30F3N7O2S/c1-4-6-16-11-17-19(32-9-10-34-18(13-32)30-31-22(34)24(25,26)27)28-23(29-20(17)37-16)33-8-5-7-15(12-33)21(35)36-14(2)3/h11,14-15H,4-10,12-13H2,1-3H3. The number of carbonyl (C=O) groups excluding carboxylic acids is 1. The van der Waals surface area contributed by atoms with Crippen molar-refractivity contribution in [2.75, 3.05) is 29.4 Å². The van der Waals surface area contributed by atoms with Crippen molar-refractivity contribution in [2.45, 2.75) is 71.8 Å². The number of alkyl halides is 3. The monoisotopic (exact) mass is 537 g/mol. The molecule has 200 valence electrons. The molecule has 1 unspecified atom stereocenters. The number of piperidine rings is 1. The number of carbonyl (C=O) groups is 1. The quantitative estimate of drug-likeness (QED) is 0.427. The molecule has 5 heterocycles. The molecule has 1 atom stereocenters.